The van der Waals surface area contributed by atoms with Crippen LogP contribution in [0.3, 0.4) is 0 Å². The summed E-state index contributed by atoms with van der Waals surface area (Å²) in [7, 11) is 0. The number of pyridine rings is 1. The average Bonchev–Trinajstić information content (AvgIpc) is 3.08. The van der Waals surface area contributed by atoms with Crippen LogP contribution >= 0.6 is 0 Å². The molecule has 0 saturated heterocycles. The Labute approximate surface area is 163 Å². The number of aromatic amines is 1. The van der Waals surface area contributed by atoms with Gasteiger partial charge < -0.3 is 15.8 Å². The van der Waals surface area contributed by atoms with Gasteiger partial charge in [-0.05, 0) is 62.1 Å². The number of rotatable bonds is 6. The van der Waals surface area contributed by atoms with E-state index in [1.807, 2.05) is 31.2 Å². The fraction of sp³-hybridized carbons (Fsp3) is 0.217. The van der Waals surface area contributed by atoms with Crippen LogP contribution in [0.4, 0.5) is 0 Å². The summed E-state index contributed by atoms with van der Waals surface area (Å²) in [5.74, 6) is -0.907. The van der Waals surface area contributed by atoms with E-state index in [2.05, 4.69) is 22.1 Å². The van der Waals surface area contributed by atoms with Gasteiger partial charge in [0, 0.05) is 28.0 Å². The molecule has 0 aliphatic heterocycles. The number of H-pyrrole nitrogens is 1. The summed E-state index contributed by atoms with van der Waals surface area (Å²) in [5, 5.41) is 11.6. The largest absolute Gasteiger partial charge is 0.478 e. The molecule has 2 heterocycles. The van der Waals surface area contributed by atoms with Gasteiger partial charge in [0.15, 0.2) is 0 Å². The number of fused-ring (bicyclic) bond motifs is 2. The van der Waals surface area contributed by atoms with E-state index in [4.69, 9.17) is 5.73 Å². The van der Waals surface area contributed by atoms with Gasteiger partial charge >= 0.3 is 5.97 Å². The van der Waals surface area contributed by atoms with Crippen molar-refractivity contribution in [2.24, 2.45) is 5.73 Å². The van der Waals surface area contributed by atoms with Crippen LogP contribution in [0.15, 0.2) is 48.7 Å². The van der Waals surface area contributed by atoms with E-state index in [0.717, 1.165) is 63.5 Å². The van der Waals surface area contributed by atoms with Crippen molar-refractivity contribution in [2.45, 2.75) is 26.2 Å². The van der Waals surface area contributed by atoms with Crippen molar-refractivity contribution >= 4 is 27.8 Å². The van der Waals surface area contributed by atoms with Crippen LogP contribution in [0.2, 0.25) is 0 Å². The molecule has 4 aromatic rings. The highest BCUT2D eigenvalue weighted by Crippen LogP contribution is 2.37. The third kappa shape index (κ3) is 3.04. The second-order valence-corrected chi connectivity index (χ2v) is 7.09. The fourth-order valence-corrected chi connectivity index (χ4v) is 3.93. The maximum Gasteiger partial charge on any atom is 0.336 e. The number of unbranched alkanes of at least 4 members (excludes halogenated alkanes) is 1. The molecule has 2 aromatic heterocycles. The lowest BCUT2D eigenvalue weighted by Gasteiger charge is -2.09. The molecule has 0 aliphatic carbocycles. The summed E-state index contributed by atoms with van der Waals surface area (Å²) in [5.41, 5.74) is 11.9. The predicted molar refractivity (Wildman–Crippen MR) is 113 cm³/mol. The Morgan fingerprint density at radius 1 is 1.14 bits per heavy atom. The van der Waals surface area contributed by atoms with Crippen LogP contribution in [0.25, 0.3) is 33.1 Å². The van der Waals surface area contributed by atoms with Crippen molar-refractivity contribution in [1.82, 2.24) is 9.97 Å². The monoisotopic (exact) mass is 373 g/mol. The molecule has 5 heteroatoms. The number of nitrogens with two attached hydrogens (primary N) is 1. The third-order valence-corrected chi connectivity index (χ3v) is 5.29. The molecule has 4 rings (SSSR count). The van der Waals surface area contributed by atoms with Crippen molar-refractivity contribution in [3.05, 3.63) is 65.4 Å². The van der Waals surface area contributed by atoms with Crippen LogP contribution in [-0.4, -0.2) is 27.6 Å². The number of carboxylic acids is 1. The Morgan fingerprint density at radius 2 is 2.00 bits per heavy atom. The number of nitrogens with zero attached hydrogens (tertiary/aromatic N) is 1. The van der Waals surface area contributed by atoms with E-state index < -0.39 is 5.97 Å². The normalized spacial score (nSPS) is 11.4. The van der Waals surface area contributed by atoms with Gasteiger partial charge in [-0.3, -0.25) is 4.98 Å². The van der Waals surface area contributed by atoms with Gasteiger partial charge in [-0.1, -0.05) is 24.3 Å². The first-order valence-corrected chi connectivity index (χ1v) is 9.53. The predicted octanol–water partition coefficient (Wildman–Crippen LogP) is 4.67. The van der Waals surface area contributed by atoms with E-state index in [0.29, 0.717) is 12.1 Å². The molecule has 0 bridgehead atoms. The summed E-state index contributed by atoms with van der Waals surface area (Å²) >= 11 is 0. The fourth-order valence-electron chi connectivity index (χ4n) is 3.93. The van der Waals surface area contributed by atoms with Crippen LogP contribution in [0.5, 0.6) is 0 Å². The van der Waals surface area contributed by atoms with E-state index >= 15 is 0 Å². The lowest BCUT2D eigenvalue weighted by Crippen LogP contribution is -2.01. The smallest absolute Gasteiger partial charge is 0.336 e. The van der Waals surface area contributed by atoms with Crippen LogP contribution in [0, 0.1) is 6.92 Å². The first-order valence-electron chi connectivity index (χ1n) is 9.53. The molecule has 0 saturated carbocycles. The minimum atomic E-state index is -0.907. The molecule has 0 unspecified atom stereocenters. The maximum atomic E-state index is 11.9. The van der Waals surface area contributed by atoms with Crippen molar-refractivity contribution in [2.75, 3.05) is 6.54 Å². The highest BCUT2D eigenvalue weighted by molar-refractivity contribution is 6.09. The van der Waals surface area contributed by atoms with Crippen LogP contribution in [-0.2, 0) is 6.42 Å². The molecule has 2 aromatic carbocycles. The number of nitrogens with one attached hydrogen (secondary N) is 1. The zero-order valence-corrected chi connectivity index (χ0v) is 15.8. The number of aromatic nitrogens is 2. The minimum absolute atomic E-state index is 0.337. The molecule has 28 heavy (non-hydrogen) atoms. The van der Waals surface area contributed by atoms with E-state index in [1.54, 1.807) is 12.3 Å². The Balaban J connectivity index is 2.04. The van der Waals surface area contributed by atoms with Gasteiger partial charge in [0.25, 0.3) is 0 Å². The molecule has 0 aliphatic rings. The molecular formula is C23H23N3O2. The molecule has 5 nitrogen and oxygen atoms in total. The average molecular weight is 373 g/mol. The number of carbonyl (C=O) groups is 1. The number of hydrogen-bond acceptors (Lipinski definition) is 3. The Kier molecular flexibility index (Phi) is 4.84. The second-order valence-electron chi connectivity index (χ2n) is 7.09. The van der Waals surface area contributed by atoms with Crippen molar-refractivity contribution < 1.29 is 9.90 Å². The van der Waals surface area contributed by atoms with Gasteiger partial charge in [0.2, 0.25) is 0 Å². The lowest BCUT2D eigenvalue weighted by molar-refractivity contribution is 0.0699. The molecule has 4 N–H and O–H groups in total. The molecular weight excluding hydrogens is 350 g/mol. The highest BCUT2D eigenvalue weighted by atomic mass is 16.4. The Bertz CT molecular complexity index is 1170. The van der Waals surface area contributed by atoms with Crippen molar-refractivity contribution in [3.8, 4) is 11.3 Å². The zero-order valence-electron chi connectivity index (χ0n) is 15.8. The molecule has 0 radical (unpaired) electrons. The quantitative estimate of drug-likeness (QED) is 0.428. The zero-order chi connectivity index (χ0) is 19.7. The standard InChI is InChI=1S/C23H23N3O2/c1-14-10-11-18(23(27)28)20-17(6-2-3-12-24)22(26-21(14)20)16-7-4-9-19-15(16)8-5-13-25-19/h4-5,7-11,13,26H,2-3,6,12,24H2,1H3,(H,27,28). The van der Waals surface area contributed by atoms with Crippen LogP contribution < -0.4 is 5.73 Å². The molecule has 0 spiro atoms. The van der Waals surface area contributed by atoms with Gasteiger partial charge in [0.05, 0.1) is 16.8 Å². The van der Waals surface area contributed by atoms with E-state index in [9.17, 15) is 9.90 Å². The summed E-state index contributed by atoms with van der Waals surface area (Å²) in [6.07, 6.45) is 4.36. The second kappa shape index (κ2) is 7.44. The van der Waals surface area contributed by atoms with Gasteiger partial charge in [-0.2, -0.15) is 0 Å². The Hall–Kier alpha value is -3.18. The molecule has 0 atom stereocenters. The van der Waals surface area contributed by atoms with Gasteiger partial charge in [0.1, 0.15) is 0 Å². The third-order valence-electron chi connectivity index (χ3n) is 5.29. The minimum Gasteiger partial charge on any atom is -0.478 e. The molecule has 0 amide bonds. The molecule has 142 valence electrons. The van der Waals surface area contributed by atoms with Gasteiger partial charge in [-0.25, -0.2) is 4.79 Å². The van der Waals surface area contributed by atoms with Crippen molar-refractivity contribution in [3.63, 3.8) is 0 Å². The SMILES string of the molecule is Cc1ccc(C(=O)O)c2c(CCCCN)c(-c3cccc4ncccc34)[nH]c12. The first-order chi connectivity index (χ1) is 13.6. The van der Waals surface area contributed by atoms with Crippen molar-refractivity contribution in [1.29, 1.82) is 0 Å². The topological polar surface area (TPSA) is 92.0 Å². The summed E-state index contributed by atoms with van der Waals surface area (Å²) in [4.78, 5) is 19.9. The maximum absolute atomic E-state index is 11.9. The van der Waals surface area contributed by atoms with E-state index in [1.165, 1.54) is 0 Å². The highest BCUT2D eigenvalue weighted by Gasteiger charge is 2.21. The number of benzene rings is 2. The summed E-state index contributed by atoms with van der Waals surface area (Å²) in [6.45, 7) is 2.63. The summed E-state index contributed by atoms with van der Waals surface area (Å²) < 4.78 is 0. The Morgan fingerprint density at radius 3 is 2.79 bits per heavy atom. The summed E-state index contributed by atoms with van der Waals surface area (Å²) in [6, 6.07) is 13.6. The number of aryl methyl sites for hydroxylation is 2. The number of carboxylic acid groups (broad SMARTS) is 1. The molecule has 0 fully saturated rings. The first kappa shape index (κ1) is 18.2. The lowest BCUT2D eigenvalue weighted by atomic mass is 9.95. The van der Waals surface area contributed by atoms with Gasteiger partial charge in [-0.15, -0.1) is 0 Å². The number of hydrogen-bond donors (Lipinski definition) is 3. The van der Waals surface area contributed by atoms with Crippen LogP contribution in [0.1, 0.15) is 34.3 Å². The number of aromatic carboxylic acids is 1. The van der Waals surface area contributed by atoms with E-state index in [-0.39, 0.29) is 0 Å².